The van der Waals surface area contributed by atoms with Crippen molar-refractivity contribution in [1.82, 2.24) is 14.8 Å². The molecule has 0 spiro atoms. The van der Waals surface area contributed by atoms with Crippen molar-refractivity contribution in [2.24, 2.45) is 0 Å². The zero-order chi connectivity index (χ0) is 9.97. The molecule has 0 saturated heterocycles. The lowest BCUT2D eigenvalue weighted by atomic mass is 10.3. The first-order valence-corrected chi connectivity index (χ1v) is 5.33. The molecular formula is C9H10N4S. The van der Waals surface area contributed by atoms with Gasteiger partial charge in [-0.3, -0.25) is 0 Å². The molecule has 2 aromatic rings. The summed E-state index contributed by atoms with van der Waals surface area (Å²) in [6.45, 7) is 0. The first kappa shape index (κ1) is 9.08. The molecule has 4 nitrogen and oxygen atoms in total. The Morgan fingerprint density at radius 1 is 1.29 bits per heavy atom. The monoisotopic (exact) mass is 206 g/mol. The van der Waals surface area contributed by atoms with Gasteiger partial charge in [-0.2, -0.15) is 0 Å². The Kier molecular flexibility index (Phi) is 2.41. The molecule has 0 aliphatic heterocycles. The van der Waals surface area contributed by atoms with Crippen LogP contribution in [0.1, 0.15) is 0 Å². The zero-order valence-electron chi connectivity index (χ0n) is 7.71. The van der Waals surface area contributed by atoms with E-state index in [1.165, 1.54) is 4.90 Å². The standard InChI is InChI=1S/C9H10N4S/c1-14-8-4-2-7(3-5-8)13-6-11-9(10)12-13/h2-6H,1H3,(H2,10,12). The molecule has 5 heteroatoms. The number of anilines is 1. The molecule has 0 unspecified atom stereocenters. The third-order valence-electron chi connectivity index (χ3n) is 1.85. The number of nitrogens with two attached hydrogens (primary N) is 1. The summed E-state index contributed by atoms with van der Waals surface area (Å²) in [7, 11) is 0. The van der Waals surface area contributed by atoms with E-state index in [-0.39, 0.29) is 0 Å². The van der Waals surface area contributed by atoms with Crippen molar-refractivity contribution in [3.05, 3.63) is 30.6 Å². The van der Waals surface area contributed by atoms with Crippen molar-refractivity contribution in [3.63, 3.8) is 0 Å². The molecule has 1 aromatic heterocycles. The van der Waals surface area contributed by atoms with E-state index in [1.807, 2.05) is 30.5 Å². The second-order valence-electron chi connectivity index (χ2n) is 2.75. The van der Waals surface area contributed by atoms with Gasteiger partial charge in [-0.1, -0.05) is 0 Å². The van der Waals surface area contributed by atoms with E-state index in [1.54, 1.807) is 22.8 Å². The third kappa shape index (κ3) is 1.72. The van der Waals surface area contributed by atoms with E-state index in [0.717, 1.165) is 5.69 Å². The molecule has 0 saturated carbocycles. The van der Waals surface area contributed by atoms with Gasteiger partial charge in [0, 0.05) is 4.90 Å². The first-order chi connectivity index (χ1) is 6.79. The van der Waals surface area contributed by atoms with Crippen LogP contribution in [-0.4, -0.2) is 21.0 Å². The predicted octanol–water partition coefficient (Wildman–Crippen LogP) is 1.57. The van der Waals surface area contributed by atoms with Crippen LogP contribution in [-0.2, 0) is 0 Å². The van der Waals surface area contributed by atoms with Crippen LogP contribution in [0.25, 0.3) is 5.69 Å². The lowest BCUT2D eigenvalue weighted by Gasteiger charge is -2.00. The van der Waals surface area contributed by atoms with Gasteiger partial charge in [-0.05, 0) is 30.5 Å². The van der Waals surface area contributed by atoms with Crippen LogP contribution in [0.15, 0.2) is 35.5 Å². The van der Waals surface area contributed by atoms with Crippen LogP contribution in [0.5, 0.6) is 0 Å². The number of benzene rings is 1. The maximum Gasteiger partial charge on any atom is 0.239 e. The van der Waals surface area contributed by atoms with Crippen LogP contribution in [0.2, 0.25) is 0 Å². The summed E-state index contributed by atoms with van der Waals surface area (Å²) in [5.41, 5.74) is 6.39. The SMILES string of the molecule is CSc1ccc(-n2cnc(N)n2)cc1. The van der Waals surface area contributed by atoms with Gasteiger partial charge in [0.25, 0.3) is 0 Å². The van der Waals surface area contributed by atoms with Crippen molar-refractivity contribution in [2.45, 2.75) is 4.90 Å². The highest BCUT2D eigenvalue weighted by molar-refractivity contribution is 7.98. The molecule has 72 valence electrons. The summed E-state index contributed by atoms with van der Waals surface area (Å²) in [6, 6.07) is 8.05. The lowest BCUT2D eigenvalue weighted by Crippen LogP contribution is -1.95. The fraction of sp³-hybridized carbons (Fsp3) is 0.111. The molecule has 1 heterocycles. The molecule has 0 aliphatic carbocycles. The second-order valence-corrected chi connectivity index (χ2v) is 3.63. The average molecular weight is 206 g/mol. The van der Waals surface area contributed by atoms with Crippen LogP contribution >= 0.6 is 11.8 Å². The van der Waals surface area contributed by atoms with E-state index in [2.05, 4.69) is 10.1 Å². The quantitative estimate of drug-likeness (QED) is 0.758. The predicted molar refractivity (Wildman–Crippen MR) is 57.6 cm³/mol. The number of nitrogen functional groups attached to an aromatic ring is 1. The molecule has 0 fully saturated rings. The molecule has 14 heavy (non-hydrogen) atoms. The number of thioether (sulfide) groups is 1. The topological polar surface area (TPSA) is 56.7 Å². The molecular weight excluding hydrogens is 196 g/mol. The summed E-state index contributed by atoms with van der Waals surface area (Å²) in [5, 5.41) is 4.01. The van der Waals surface area contributed by atoms with Gasteiger partial charge in [0.15, 0.2) is 0 Å². The lowest BCUT2D eigenvalue weighted by molar-refractivity contribution is 0.882. The van der Waals surface area contributed by atoms with Gasteiger partial charge in [0.2, 0.25) is 5.95 Å². The molecule has 2 rings (SSSR count). The molecule has 2 N–H and O–H groups in total. The Morgan fingerprint density at radius 2 is 2.00 bits per heavy atom. The van der Waals surface area contributed by atoms with Crippen molar-refractivity contribution in [3.8, 4) is 5.69 Å². The molecule has 0 bridgehead atoms. The minimum Gasteiger partial charge on any atom is -0.366 e. The normalized spacial score (nSPS) is 10.4. The molecule has 0 amide bonds. The Hall–Kier alpha value is -1.49. The van der Waals surface area contributed by atoms with Crippen molar-refractivity contribution < 1.29 is 0 Å². The number of nitrogens with zero attached hydrogens (tertiary/aromatic N) is 3. The van der Waals surface area contributed by atoms with E-state index < -0.39 is 0 Å². The molecule has 0 aliphatic rings. The summed E-state index contributed by atoms with van der Waals surface area (Å²) in [4.78, 5) is 5.08. The minimum atomic E-state index is 0.291. The van der Waals surface area contributed by atoms with Gasteiger partial charge in [0.05, 0.1) is 5.69 Å². The maximum absolute atomic E-state index is 5.42. The zero-order valence-corrected chi connectivity index (χ0v) is 8.53. The smallest absolute Gasteiger partial charge is 0.239 e. The van der Waals surface area contributed by atoms with Gasteiger partial charge >= 0.3 is 0 Å². The Morgan fingerprint density at radius 3 is 2.50 bits per heavy atom. The second kappa shape index (κ2) is 3.71. The van der Waals surface area contributed by atoms with Crippen LogP contribution in [0.4, 0.5) is 5.95 Å². The number of hydrogen-bond acceptors (Lipinski definition) is 4. The number of aromatic nitrogens is 3. The average Bonchev–Trinajstić information content (AvgIpc) is 2.65. The van der Waals surface area contributed by atoms with E-state index in [4.69, 9.17) is 5.73 Å². The van der Waals surface area contributed by atoms with E-state index >= 15 is 0 Å². The summed E-state index contributed by atoms with van der Waals surface area (Å²) in [5.74, 6) is 0.291. The van der Waals surface area contributed by atoms with Crippen molar-refractivity contribution >= 4 is 17.7 Å². The van der Waals surface area contributed by atoms with Gasteiger partial charge < -0.3 is 5.73 Å². The molecule has 1 aromatic carbocycles. The highest BCUT2D eigenvalue weighted by atomic mass is 32.2. The summed E-state index contributed by atoms with van der Waals surface area (Å²) >= 11 is 1.71. The van der Waals surface area contributed by atoms with Crippen LogP contribution in [0.3, 0.4) is 0 Å². The highest BCUT2D eigenvalue weighted by Crippen LogP contribution is 2.16. The maximum atomic E-state index is 5.42. The number of hydrogen-bond donors (Lipinski definition) is 1. The van der Waals surface area contributed by atoms with Crippen molar-refractivity contribution in [2.75, 3.05) is 12.0 Å². The Labute approximate surface area is 86.1 Å². The minimum absolute atomic E-state index is 0.291. The molecule has 0 radical (unpaired) electrons. The van der Waals surface area contributed by atoms with E-state index in [0.29, 0.717) is 5.95 Å². The van der Waals surface area contributed by atoms with E-state index in [9.17, 15) is 0 Å². The molecule has 0 atom stereocenters. The van der Waals surface area contributed by atoms with Crippen LogP contribution in [0, 0.1) is 0 Å². The van der Waals surface area contributed by atoms with Gasteiger partial charge in [-0.15, -0.1) is 16.9 Å². The first-order valence-electron chi connectivity index (χ1n) is 4.11. The Bertz CT molecular complexity index is 421. The summed E-state index contributed by atoms with van der Waals surface area (Å²) in [6.07, 6.45) is 3.64. The Balaban J connectivity index is 2.33. The van der Waals surface area contributed by atoms with Crippen LogP contribution < -0.4 is 5.73 Å². The number of rotatable bonds is 2. The highest BCUT2D eigenvalue weighted by Gasteiger charge is 1.98. The fourth-order valence-corrected chi connectivity index (χ4v) is 1.54. The third-order valence-corrected chi connectivity index (χ3v) is 2.59. The fourth-order valence-electron chi connectivity index (χ4n) is 1.14. The summed E-state index contributed by atoms with van der Waals surface area (Å²) < 4.78 is 1.65. The van der Waals surface area contributed by atoms with Gasteiger partial charge in [-0.25, -0.2) is 9.67 Å². The largest absolute Gasteiger partial charge is 0.366 e. The van der Waals surface area contributed by atoms with Gasteiger partial charge in [0.1, 0.15) is 6.33 Å². The van der Waals surface area contributed by atoms with Crippen molar-refractivity contribution in [1.29, 1.82) is 0 Å².